The first-order chi connectivity index (χ1) is 7.74. The van der Waals surface area contributed by atoms with E-state index in [2.05, 4.69) is 31.2 Å². The largest absolute Gasteiger partial charge is 0.383 e. The van der Waals surface area contributed by atoms with Gasteiger partial charge in [-0.25, -0.2) is 4.98 Å². The van der Waals surface area contributed by atoms with Crippen LogP contribution in [0.15, 0.2) is 10.7 Å². The minimum Gasteiger partial charge on any atom is -0.383 e. The van der Waals surface area contributed by atoms with Crippen molar-refractivity contribution in [2.75, 3.05) is 34.9 Å². The van der Waals surface area contributed by atoms with Gasteiger partial charge in [0.05, 0.1) is 0 Å². The van der Waals surface area contributed by atoms with Gasteiger partial charge in [0.25, 0.3) is 0 Å². The standard InChI is InChI=1S/C9H13BrN4S2/c10-7-3-8(11)14-9(13-7)12-4-6-5-15-1-2-16-6/h3,6H,1-2,4-5H2,(H3,11,12,13,14). The lowest BCUT2D eigenvalue weighted by Crippen LogP contribution is -2.24. The molecule has 0 aromatic carbocycles. The molecule has 0 aliphatic carbocycles. The molecule has 4 nitrogen and oxygen atoms in total. The first-order valence-corrected chi connectivity index (χ1v) is 7.97. The lowest BCUT2D eigenvalue weighted by molar-refractivity contribution is 0.971. The SMILES string of the molecule is Nc1cc(Br)nc(NCC2CSCCS2)n1. The normalized spacial score (nSPS) is 20.7. The molecule has 0 bridgehead atoms. The highest BCUT2D eigenvalue weighted by molar-refractivity contribution is 9.10. The maximum Gasteiger partial charge on any atom is 0.225 e. The molecular weight excluding hydrogens is 308 g/mol. The molecule has 1 unspecified atom stereocenters. The molecule has 0 amide bonds. The Labute approximate surface area is 112 Å². The van der Waals surface area contributed by atoms with Gasteiger partial charge in [-0.2, -0.15) is 28.5 Å². The lowest BCUT2D eigenvalue weighted by Gasteiger charge is -2.21. The number of nitrogens with one attached hydrogen (secondary N) is 1. The highest BCUT2D eigenvalue weighted by Gasteiger charge is 2.14. The minimum atomic E-state index is 0.482. The number of rotatable bonds is 3. The molecule has 1 saturated heterocycles. The van der Waals surface area contributed by atoms with Gasteiger partial charge in [0.2, 0.25) is 5.95 Å². The van der Waals surface area contributed by atoms with Gasteiger partial charge in [0.1, 0.15) is 10.4 Å². The van der Waals surface area contributed by atoms with E-state index in [9.17, 15) is 0 Å². The van der Waals surface area contributed by atoms with E-state index in [0.29, 0.717) is 21.6 Å². The Morgan fingerprint density at radius 1 is 1.50 bits per heavy atom. The number of nitrogens with two attached hydrogens (primary N) is 1. The molecule has 2 rings (SSSR count). The molecule has 88 valence electrons. The highest BCUT2D eigenvalue weighted by Crippen LogP contribution is 2.24. The molecule has 1 aromatic heterocycles. The zero-order valence-electron chi connectivity index (χ0n) is 8.65. The fraction of sp³-hybridized carbons (Fsp3) is 0.556. The molecular formula is C9H13BrN4S2. The van der Waals surface area contributed by atoms with Gasteiger partial charge in [0.15, 0.2) is 0 Å². The first-order valence-electron chi connectivity index (χ1n) is 4.97. The molecule has 16 heavy (non-hydrogen) atoms. The van der Waals surface area contributed by atoms with Gasteiger partial charge in [-0.3, -0.25) is 0 Å². The van der Waals surface area contributed by atoms with E-state index in [1.54, 1.807) is 6.07 Å². The smallest absolute Gasteiger partial charge is 0.225 e. The van der Waals surface area contributed by atoms with Crippen molar-refractivity contribution in [2.24, 2.45) is 0 Å². The van der Waals surface area contributed by atoms with Gasteiger partial charge in [-0.05, 0) is 15.9 Å². The van der Waals surface area contributed by atoms with Gasteiger partial charge in [-0.1, -0.05) is 0 Å². The number of hydrogen-bond donors (Lipinski definition) is 2. The zero-order valence-corrected chi connectivity index (χ0v) is 11.9. The van der Waals surface area contributed by atoms with Crippen LogP contribution in [0.5, 0.6) is 0 Å². The third-order valence-electron chi connectivity index (χ3n) is 2.09. The number of anilines is 2. The molecule has 3 N–H and O–H groups in total. The quantitative estimate of drug-likeness (QED) is 0.831. The van der Waals surface area contributed by atoms with Crippen molar-refractivity contribution in [3.05, 3.63) is 10.7 Å². The predicted octanol–water partition coefficient (Wildman–Crippen LogP) is 2.08. The summed E-state index contributed by atoms with van der Waals surface area (Å²) in [7, 11) is 0. The van der Waals surface area contributed by atoms with Crippen LogP contribution < -0.4 is 11.1 Å². The van der Waals surface area contributed by atoms with Crippen molar-refractivity contribution in [3.8, 4) is 0 Å². The second-order valence-electron chi connectivity index (χ2n) is 3.39. The van der Waals surface area contributed by atoms with Crippen LogP contribution in [0.2, 0.25) is 0 Å². The predicted molar refractivity (Wildman–Crippen MR) is 76.2 cm³/mol. The molecule has 2 heterocycles. The lowest BCUT2D eigenvalue weighted by atomic mass is 10.4. The van der Waals surface area contributed by atoms with Crippen LogP contribution in [-0.2, 0) is 0 Å². The zero-order chi connectivity index (χ0) is 11.4. The third-order valence-corrected chi connectivity index (χ3v) is 5.34. The van der Waals surface area contributed by atoms with Gasteiger partial charge < -0.3 is 11.1 Å². The van der Waals surface area contributed by atoms with E-state index in [1.165, 1.54) is 17.3 Å². The highest BCUT2D eigenvalue weighted by atomic mass is 79.9. The summed E-state index contributed by atoms with van der Waals surface area (Å²) in [5, 5.41) is 3.87. The van der Waals surface area contributed by atoms with Crippen LogP contribution in [0.4, 0.5) is 11.8 Å². The fourth-order valence-electron chi connectivity index (χ4n) is 1.37. The summed E-state index contributed by atoms with van der Waals surface area (Å²) >= 11 is 7.32. The Morgan fingerprint density at radius 2 is 2.38 bits per heavy atom. The second-order valence-corrected chi connectivity index (χ2v) is 6.76. The van der Waals surface area contributed by atoms with Gasteiger partial charge in [-0.15, -0.1) is 0 Å². The Balaban J connectivity index is 1.88. The molecule has 1 atom stereocenters. The van der Waals surface area contributed by atoms with E-state index in [-0.39, 0.29) is 0 Å². The van der Waals surface area contributed by atoms with E-state index in [1.807, 2.05) is 23.5 Å². The Kier molecular flexibility index (Phi) is 4.60. The average molecular weight is 321 g/mol. The first kappa shape index (κ1) is 12.3. The van der Waals surface area contributed by atoms with Crippen LogP contribution in [-0.4, -0.2) is 39.0 Å². The van der Waals surface area contributed by atoms with Crippen LogP contribution in [0.25, 0.3) is 0 Å². The minimum absolute atomic E-state index is 0.482. The molecule has 1 aliphatic heterocycles. The summed E-state index contributed by atoms with van der Waals surface area (Å²) in [5.74, 6) is 4.78. The Morgan fingerprint density at radius 3 is 3.06 bits per heavy atom. The number of nitrogen functional groups attached to an aromatic ring is 1. The van der Waals surface area contributed by atoms with Crippen LogP contribution in [0.1, 0.15) is 0 Å². The number of aromatic nitrogens is 2. The Bertz CT molecular complexity index is 337. The number of halogens is 1. The monoisotopic (exact) mass is 320 g/mol. The molecule has 0 saturated carbocycles. The van der Waals surface area contributed by atoms with E-state index >= 15 is 0 Å². The summed E-state index contributed by atoms with van der Waals surface area (Å²) in [4.78, 5) is 8.34. The molecule has 1 aliphatic rings. The maximum atomic E-state index is 5.64. The topological polar surface area (TPSA) is 63.8 Å². The summed E-state index contributed by atoms with van der Waals surface area (Å²) in [6, 6.07) is 1.69. The van der Waals surface area contributed by atoms with Crippen LogP contribution in [0, 0.1) is 0 Å². The van der Waals surface area contributed by atoms with Crippen molar-refractivity contribution >= 4 is 51.2 Å². The average Bonchev–Trinajstić information content (AvgIpc) is 2.27. The Hall–Kier alpha value is -0.140. The second kappa shape index (κ2) is 5.97. The van der Waals surface area contributed by atoms with E-state index < -0.39 is 0 Å². The van der Waals surface area contributed by atoms with Gasteiger partial charge in [0, 0.05) is 35.1 Å². The summed E-state index contributed by atoms with van der Waals surface area (Å²) in [5.41, 5.74) is 5.64. The number of nitrogens with zero attached hydrogens (tertiary/aromatic N) is 2. The van der Waals surface area contributed by atoms with Crippen molar-refractivity contribution < 1.29 is 0 Å². The van der Waals surface area contributed by atoms with Crippen molar-refractivity contribution in [1.82, 2.24) is 9.97 Å². The van der Waals surface area contributed by atoms with Crippen molar-refractivity contribution in [2.45, 2.75) is 5.25 Å². The fourth-order valence-corrected chi connectivity index (χ4v) is 4.39. The van der Waals surface area contributed by atoms with Crippen LogP contribution in [0.3, 0.4) is 0 Å². The maximum absolute atomic E-state index is 5.64. The number of thioether (sulfide) groups is 2. The van der Waals surface area contributed by atoms with E-state index in [4.69, 9.17) is 5.73 Å². The summed E-state index contributed by atoms with van der Waals surface area (Å²) in [6.45, 7) is 0.896. The number of hydrogen-bond acceptors (Lipinski definition) is 6. The van der Waals surface area contributed by atoms with Crippen molar-refractivity contribution in [1.29, 1.82) is 0 Å². The molecule has 7 heteroatoms. The van der Waals surface area contributed by atoms with E-state index in [0.717, 1.165) is 6.54 Å². The third kappa shape index (κ3) is 3.71. The summed E-state index contributed by atoms with van der Waals surface area (Å²) in [6.07, 6.45) is 0. The summed E-state index contributed by atoms with van der Waals surface area (Å²) < 4.78 is 0.716. The van der Waals surface area contributed by atoms with Gasteiger partial charge >= 0.3 is 0 Å². The molecule has 1 fully saturated rings. The molecule has 0 radical (unpaired) electrons. The molecule has 1 aromatic rings. The van der Waals surface area contributed by atoms with Crippen molar-refractivity contribution in [3.63, 3.8) is 0 Å². The molecule has 0 spiro atoms. The van der Waals surface area contributed by atoms with Crippen LogP contribution >= 0.6 is 39.5 Å².